The molecule has 0 spiro atoms. The summed E-state index contributed by atoms with van der Waals surface area (Å²) in [5, 5.41) is 12.8. The Kier molecular flexibility index (Phi) is 4.24. The first kappa shape index (κ1) is 14.8. The Morgan fingerprint density at radius 3 is 2.95 bits per heavy atom. The topological polar surface area (TPSA) is 72.7 Å². The summed E-state index contributed by atoms with van der Waals surface area (Å²) in [5.74, 6) is 0.296. The monoisotopic (exact) mass is 315 g/mol. The number of nitrogens with one attached hydrogen (secondary N) is 1. The molecule has 2 aromatic heterocycles. The highest BCUT2D eigenvalue weighted by Crippen LogP contribution is 2.25. The molecule has 0 atom stereocenters. The predicted molar refractivity (Wildman–Crippen MR) is 87.8 cm³/mol. The number of amides is 1. The van der Waals surface area contributed by atoms with Crippen molar-refractivity contribution in [3.8, 4) is 0 Å². The van der Waals surface area contributed by atoms with Gasteiger partial charge in [0.05, 0.1) is 11.3 Å². The molecule has 3 aromatic rings. The van der Waals surface area contributed by atoms with E-state index < -0.39 is 0 Å². The van der Waals surface area contributed by atoms with Crippen molar-refractivity contribution in [2.75, 3.05) is 12.3 Å². The molecular formula is C15H17N5OS. The fourth-order valence-electron chi connectivity index (χ4n) is 2.30. The molecule has 0 aliphatic heterocycles. The summed E-state index contributed by atoms with van der Waals surface area (Å²) in [6, 6.07) is 8.01. The molecule has 0 aliphatic carbocycles. The van der Waals surface area contributed by atoms with E-state index in [1.165, 1.54) is 11.8 Å². The summed E-state index contributed by atoms with van der Waals surface area (Å²) >= 11 is 1.30. The summed E-state index contributed by atoms with van der Waals surface area (Å²) in [4.78, 5) is 16.2. The molecule has 2 heterocycles. The molecule has 7 heteroatoms. The maximum absolute atomic E-state index is 11.6. The van der Waals surface area contributed by atoms with Crippen molar-refractivity contribution in [3.63, 3.8) is 0 Å². The summed E-state index contributed by atoms with van der Waals surface area (Å²) in [6.45, 7) is 2.72. The van der Waals surface area contributed by atoms with Crippen molar-refractivity contribution in [2.45, 2.75) is 18.5 Å². The maximum Gasteiger partial charge on any atom is 0.230 e. The lowest BCUT2D eigenvalue weighted by molar-refractivity contribution is -0.118. The van der Waals surface area contributed by atoms with E-state index in [1.807, 2.05) is 42.8 Å². The van der Waals surface area contributed by atoms with Crippen LogP contribution in [0.5, 0.6) is 0 Å². The first-order chi connectivity index (χ1) is 10.7. The third-order valence-electron chi connectivity index (χ3n) is 3.39. The largest absolute Gasteiger partial charge is 0.355 e. The summed E-state index contributed by atoms with van der Waals surface area (Å²) in [5.41, 5.74) is 2.65. The Morgan fingerprint density at radius 2 is 2.14 bits per heavy atom. The Morgan fingerprint density at radius 1 is 1.32 bits per heavy atom. The number of carbonyl (C=O) groups is 1. The van der Waals surface area contributed by atoms with Crippen LogP contribution in [0.3, 0.4) is 0 Å². The number of rotatable bonds is 5. The molecule has 22 heavy (non-hydrogen) atoms. The van der Waals surface area contributed by atoms with Crippen molar-refractivity contribution in [3.05, 3.63) is 24.3 Å². The number of aromatic nitrogens is 4. The fourth-order valence-corrected chi connectivity index (χ4v) is 2.91. The molecule has 114 valence electrons. The van der Waals surface area contributed by atoms with Gasteiger partial charge in [-0.05, 0) is 12.5 Å². The third-order valence-corrected chi connectivity index (χ3v) is 4.23. The fraction of sp³-hybridized carbons (Fsp3) is 0.333. The van der Waals surface area contributed by atoms with Crippen LogP contribution in [0.25, 0.3) is 22.1 Å². The van der Waals surface area contributed by atoms with E-state index in [0.717, 1.165) is 28.5 Å². The molecule has 0 saturated heterocycles. The van der Waals surface area contributed by atoms with E-state index in [1.54, 1.807) is 0 Å². The average Bonchev–Trinajstić information content (AvgIpc) is 2.84. The molecule has 0 fully saturated rings. The lowest BCUT2D eigenvalue weighted by Gasteiger charge is -2.02. The summed E-state index contributed by atoms with van der Waals surface area (Å²) < 4.78 is 2.00. The zero-order chi connectivity index (χ0) is 15.5. The van der Waals surface area contributed by atoms with Crippen LogP contribution < -0.4 is 5.32 Å². The number of aryl methyl sites for hydroxylation is 1. The molecule has 1 aromatic carbocycles. The average molecular weight is 315 g/mol. The normalized spacial score (nSPS) is 11.2. The van der Waals surface area contributed by atoms with E-state index in [0.29, 0.717) is 17.5 Å². The van der Waals surface area contributed by atoms with Crippen LogP contribution in [0.15, 0.2) is 29.4 Å². The quantitative estimate of drug-likeness (QED) is 0.730. The molecule has 0 unspecified atom stereocenters. The number of hydrogen-bond acceptors (Lipinski definition) is 5. The third kappa shape index (κ3) is 2.76. The van der Waals surface area contributed by atoms with Crippen LogP contribution in [0.2, 0.25) is 0 Å². The van der Waals surface area contributed by atoms with Gasteiger partial charge >= 0.3 is 0 Å². The van der Waals surface area contributed by atoms with Crippen molar-refractivity contribution in [1.82, 2.24) is 25.1 Å². The van der Waals surface area contributed by atoms with Crippen LogP contribution in [0, 0.1) is 0 Å². The smallest absolute Gasteiger partial charge is 0.230 e. The van der Waals surface area contributed by atoms with E-state index >= 15 is 0 Å². The van der Waals surface area contributed by atoms with Gasteiger partial charge < -0.3 is 9.88 Å². The van der Waals surface area contributed by atoms with Gasteiger partial charge in [-0.15, -0.1) is 10.2 Å². The minimum absolute atomic E-state index is 0.00686. The molecule has 1 amide bonds. The van der Waals surface area contributed by atoms with Gasteiger partial charge in [0.2, 0.25) is 11.1 Å². The molecule has 0 aliphatic rings. The first-order valence-electron chi connectivity index (χ1n) is 7.18. The van der Waals surface area contributed by atoms with Gasteiger partial charge in [0, 0.05) is 19.0 Å². The van der Waals surface area contributed by atoms with E-state index in [4.69, 9.17) is 0 Å². The van der Waals surface area contributed by atoms with E-state index in [9.17, 15) is 4.79 Å². The van der Waals surface area contributed by atoms with Gasteiger partial charge in [-0.3, -0.25) is 4.79 Å². The second-order valence-electron chi connectivity index (χ2n) is 4.98. The highest BCUT2D eigenvalue weighted by molar-refractivity contribution is 7.99. The molecule has 0 saturated carbocycles. The minimum Gasteiger partial charge on any atom is -0.355 e. The second kappa shape index (κ2) is 6.31. The zero-order valence-electron chi connectivity index (χ0n) is 12.5. The van der Waals surface area contributed by atoms with Gasteiger partial charge in [-0.2, -0.15) is 0 Å². The lowest BCUT2D eigenvalue weighted by Crippen LogP contribution is -2.25. The van der Waals surface area contributed by atoms with Crippen LogP contribution in [-0.4, -0.2) is 38.0 Å². The van der Waals surface area contributed by atoms with Crippen molar-refractivity contribution >= 4 is 39.7 Å². The maximum atomic E-state index is 11.6. The number of para-hydroxylation sites is 1. The highest BCUT2D eigenvalue weighted by atomic mass is 32.2. The molecule has 0 bridgehead atoms. The number of thioether (sulfide) groups is 1. The highest BCUT2D eigenvalue weighted by Gasteiger charge is 2.13. The number of benzene rings is 1. The second-order valence-corrected chi connectivity index (χ2v) is 5.92. The van der Waals surface area contributed by atoms with Gasteiger partial charge in [0.15, 0.2) is 5.65 Å². The van der Waals surface area contributed by atoms with Gasteiger partial charge in [-0.1, -0.05) is 36.9 Å². The first-order valence-corrected chi connectivity index (χ1v) is 8.16. The lowest BCUT2D eigenvalue weighted by atomic mass is 10.2. The number of nitrogens with zero attached hydrogens (tertiary/aromatic N) is 4. The molecule has 3 rings (SSSR count). The predicted octanol–water partition coefficient (Wildman–Crippen LogP) is 2.13. The van der Waals surface area contributed by atoms with Gasteiger partial charge in [-0.25, -0.2) is 4.98 Å². The summed E-state index contributed by atoms with van der Waals surface area (Å²) in [6.07, 6.45) is 0.927. The Hall–Kier alpha value is -2.15. The van der Waals surface area contributed by atoms with Crippen LogP contribution in [0.4, 0.5) is 0 Å². The number of fused-ring (bicyclic) bond motifs is 3. The van der Waals surface area contributed by atoms with Gasteiger partial charge in [0.1, 0.15) is 5.52 Å². The summed E-state index contributed by atoms with van der Waals surface area (Å²) in [7, 11) is 1.96. The van der Waals surface area contributed by atoms with Crippen molar-refractivity contribution in [2.24, 2.45) is 7.05 Å². The van der Waals surface area contributed by atoms with Crippen molar-refractivity contribution in [1.29, 1.82) is 0 Å². The minimum atomic E-state index is -0.00686. The Bertz CT molecular complexity index is 829. The van der Waals surface area contributed by atoms with Crippen LogP contribution in [0.1, 0.15) is 13.3 Å². The zero-order valence-corrected chi connectivity index (χ0v) is 13.4. The molecule has 0 radical (unpaired) electrons. The Labute approximate surface area is 132 Å². The molecule has 1 N–H and O–H groups in total. The number of carbonyl (C=O) groups excluding carboxylic acids is 1. The van der Waals surface area contributed by atoms with Crippen LogP contribution >= 0.6 is 11.8 Å². The van der Waals surface area contributed by atoms with Crippen molar-refractivity contribution < 1.29 is 4.79 Å². The standard InChI is InChI=1S/C15H17N5OS/c1-3-8-16-12(21)9-22-15-17-14-13(18-19-15)10-6-4-5-7-11(10)20(14)2/h4-7H,3,8-9H2,1-2H3,(H,16,21). The van der Waals surface area contributed by atoms with E-state index in [2.05, 4.69) is 20.5 Å². The SMILES string of the molecule is CCCNC(=O)CSc1nnc2c3ccccc3n(C)c2n1. The molecular weight excluding hydrogens is 298 g/mol. The van der Waals surface area contributed by atoms with E-state index in [-0.39, 0.29) is 5.91 Å². The Balaban J connectivity index is 1.85. The number of hydrogen-bond donors (Lipinski definition) is 1. The van der Waals surface area contributed by atoms with Gasteiger partial charge in [0.25, 0.3) is 0 Å². The molecule has 6 nitrogen and oxygen atoms in total. The van der Waals surface area contributed by atoms with Crippen LogP contribution in [-0.2, 0) is 11.8 Å².